The molecule has 0 aliphatic rings. The summed E-state index contributed by atoms with van der Waals surface area (Å²) in [5.74, 6) is -0.444. The number of amides is 1. The van der Waals surface area contributed by atoms with Crippen molar-refractivity contribution in [3.05, 3.63) is 94.5 Å². The number of rotatable bonds is 8. The number of nitrogens with one attached hydrogen (secondary N) is 1. The first-order valence-electron chi connectivity index (χ1n) is 11.0. The molecule has 0 saturated carbocycles. The van der Waals surface area contributed by atoms with Gasteiger partial charge in [0.2, 0.25) is 0 Å². The van der Waals surface area contributed by atoms with E-state index in [1.165, 1.54) is 14.2 Å². The lowest BCUT2D eigenvalue weighted by Crippen LogP contribution is -2.29. The molecule has 3 aromatic carbocycles. The van der Waals surface area contributed by atoms with E-state index in [0.717, 1.165) is 17.7 Å². The molecule has 3 aromatic rings. The average Bonchev–Trinajstić information content (AvgIpc) is 2.87. The molecule has 36 heavy (non-hydrogen) atoms. The maximum Gasteiger partial charge on any atom is 0.416 e. The third kappa shape index (κ3) is 6.29. The Hall–Kier alpha value is -4.14. The summed E-state index contributed by atoms with van der Waals surface area (Å²) in [6.45, 7) is 3.38. The molecule has 0 heterocycles. The van der Waals surface area contributed by atoms with Gasteiger partial charge in [0, 0.05) is 23.7 Å². The Morgan fingerprint density at radius 2 is 1.69 bits per heavy atom. The van der Waals surface area contributed by atoms with Crippen LogP contribution >= 0.6 is 0 Å². The highest BCUT2D eigenvalue weighted by Crippen LogP contribution is 2.33. The van der Waals surface area contributed by atoms with E-state index >= 15 is 0 Å². The number of alkyl halides is 3. The largest absolute Gasteiger partial charge is 0.416 e. The van der Waals surface area contributed by atoms with Gasteiger partial charge >= 0.3 is 6.18 Å². The smallest absolute Gasteiger partial charge is 0.398 e. The van der Waals surface area contributed by atoms with Crippen LogP contribution in [0.15, 0.2) is 77.0 Å². The predicted molar refractivity (Wildman–Crippen MR) is 133 cm³/mol. The normalized spacial score (nSPS) is 12.3. The topological polar surface area (TPSA) is 72.3 Å². The molecule has 0 atom stereocenters. The van der Waals surface area contributed by atoms with Gasteiger partial charge in [-0.15, -0.1) is 0 Å². The third-order valence-electron chi connectivity index (χ3n) is 5.49. The van der Waals surface area contributed by atoms with Crippen LogP contribution in [-0.2, 0) is 27.3 Å². The van der Waals surface area contributed by atoms with E-state index in [-0.39, 0.29) is 23.6 Å². The number of carbonyl (C=O) groups excluding carboxylic acids is 1. The first kappa shape index (κ1) is 26.5. The van der Waals surface area contributed by atoms with Gasteiger partial charge in [-0.3, -0.25) is 4.79 Å². The summed E-state index contributed by atoms with van der Waals surface area (Å²) in [6, 6.07) is 17.9. The number of nitrogens with zero attached hydrogens (tertiary/aromatic N) is 2. The summed E-state index contributed by atoms with van der Waals surface area (Å²) in [7, 11) is 2.81. The summed E-state index contributed by atoms with van der Waals surface area (Å²) in [4.78, 5) is 22.7. The Morgan fingerprint density at radius 1 is 0.972 bits per heavy atom. The second-order valence-electron chi connectivity index (χ2n) is 7.92. The van der Waals surface area contributed by atoms with Crippen LogP contribution in [0.5, 0.6) is 0 Å². The Morgan fingerprint density at radius 3 is 2.33 bits per heavy atom. The standard InChI is InChI=1S/C27H26F3N3O3/c1-17-9-8-12-23(25(33-35-4)26(34)31-3)24(17)16-36-32-18(2)20-13-21(19-10-6-5-7-11-19)15-22(14-20)27(28,29)30/h5-15H,16H2,1-4H3,(H,31,34)/b32-18+,33-25+. The molecule has 188 valence electrons. The summed E-state index contributed by atoms with van der Waals surface area (Å²) < 4.78 is 40.8. The number of benzene rings is 3. The minimum absolute atomic E-state index is 0.0381. The van der Waals surface area contributed by atoms with Crippen molar-refractivity contribution in [1.29, 1.82) is 0 Å². The highest BCUT2D eigenvalue weighted by atomic mass is 19.4. The summed E-state index contributed by atoms with van der Waals surface area (Å²) in [5, 5.41) is 10.4. The van der Waals surface area contributed by atoms with Crippen LogP contribution in [0.1, 0.15) is 34.7 Å². The Labute approximate surface area is 207 Å². The zero-order valence-corrected chi connectivity index (χ0v) is 20.3. The van der Waals surface area contributed by atoms with Crippen molar-refractivity contribution in [3.8, 4) is 11.1 Å². The van der Waals surface area contributed by atoms with E-state index in [1.807, 2.05) is 13.0 Å². The van der Waals surface area contributed by atoms with Crippen molar-refractivity contribution in [2.24, 2.45) is 10.3 Å². The van der Waals surface area contributed by atoms with Gasteiger partial charge in [-0.25, -0.2) is 0 Å². The highest BCUT2D eigenvalue weighted by molar-refractivity contribution is 6.45. The molecule has 3 rings (SSSR count). The zero-order chi connectivity index (χ0) is 26.3. The molecule has 1 N–H and O–H groups in total. The lowest BCUT2D eigenvalue weighted by Gasteiger charge is -2.14. The minimum Gasteiger partial charge on any atom is -0.398 e. The van der Waals surface area contributed by atoms with E-state index in [0.29, 0.717) is 22.3 Å². The van der Waals surface area contributed by atoms with E-state index in [9.17, 15) is 18.0 Å². The SMILES string of the molecule is CNC(=O)/C(=N/OC)c1cccc(C)c1CO/N=C(\C)c1cc(-c2ccccc2)cc(C(F)(F)F)c1. The number of hydrogen-bond donors (Lipinski definition) is 1. The summed E-state index contributed by atoms with van der Waals surface area (Å²) in [6.07, 6.45) is -4.52. The van der Waals surface area contributed by atoms with Crippen LogP contribution in [0, 0.1) is 6.92 Å². The molecule has 0 aliphatic heterocycles. The minimum atomic E-state index is -4.52. The molecule has 0 aliphatic carbocycles. The van der Waals surface area contributed by atoms with Crippen molar-refractivity contribution in [2.45, 2.75) is 26.6 Å². The van der Waals surface area contributed by atoms with Crippen LogP contribution in [0.2, 0.25) is 0 Å². The fraction of sp³-hybridized carbons (Fsp3) is 0.222. The van der Waals surface area contributed by atoms with E-state index in [4.69, 9.17) is 9.68 Å². The van der Waals surface area contributed by atoms with Crippen LogP contribution in [0.4, 0.5) is 13.2 Å². The fourth-order valence-electron chi connectivity index (χ4n) is 3.58. The lowest BCUT2D eigenvalue weighted by molar-refractivity contribution is -0.137. The molecule has 6 nitrogen and oxygen atoms in total. The lowest BCUT2D eigenvalue weighted by atomic mass is 9.98. The molecule has 1 amide bonds. The number of halogens is 3. The third-order valence-corrected chi connectivity index (χ3v) is 5.49. The number of aryl methyl sites for hydroxylation is 1. The van der Waals surface area contributed by atoms with Crippen molar-refractivity contribution < 1.29 is 27.6 Å². The quantitative estimate of drug-likeness (QED) is 0.320. The van der Waals surface area contributed by atoms with Crippen molar-refractivity contribution in [3.63, 3.8) is 0 Å². The molecule has 9 heteroatoms. The van der Waals surface area contributed by atoms with Crippen molar-refractivity contribution in [2.75, 3.05) is 14.2 Å². The van der Waals surface area contributed by atoms with Gasteiger partial charge in [0.25, 0.3) is 5.91 Å². The van der Waals surface area contributed by atoms with Crippen LogP contribution in [0.3, 0.4) is 0 Å². The van der Waals surface area contributed by atoms with E-state index < -0.39 is 17.6 Å². The number of oxime groups is 2. The number of carbonyl (C=O) groups is 1. The molecule has 0 aromatic heterocycles. The Kier molecular flexibility index (Phi) is 8.47. The van der Waals surface area contributed by atoms with Gasteiger partial charge in [0.15, 0.2) is 5.71 Å². The van der Waals surface area contributed by atoms with Crippen LogP contribution < -0.4 is 5.32 Å². The van der Waals surface area contributed by atoms with Crippen molar-refractivity contribution in [1.82, 2.24) is 5.32 Å². The van der Waals surface area contributed by atoms with E-state index in [1.54, 1.807) is 55.5 Å². The monoisotopic (exact) mass is 497 g/mol. The second-order valence-corrected chi connectivity index (χ2v) is 7.92. The zero-order valence-electron chi connectivity index (χ0n) is 20.3. The maximum absolute atomic E-state index is 13.6. The maximum atomic E-state index is 13.6. The predicted octanol–water partition coefficient (Wildman–Crippen LogP) is 5.72. The summed E-state index contributed by atoms with van der Waals surface area (Å²) >= 11 is 0. The van der Waals surface area contributed by atoms with Gasteiger partial charge in [0.1, 0.15) is 13.7 Å². The van der Waals surface area contributed by atoms with Gasteiger partial charge < -0.3 is 15.0 Å². The molecule has 0 unspecified atom stereocenters. The molecular weight excluding hydrogens is 471 g/mol. The molecule has 0 bridgehead atoms. The average molecular weight is 498 g/mol. The second kappa shape index (κ2) is 11.5. The number of hydrogen-bond acceptors (Lipinski definition) is 5. The van der Waals surface area contributed by atoms with Crippen LogP contribution in [0.25, 0.3) is 11.1 Å². The summed E-state index contributed by atoms with van der Waals surface area (Å²) in [5.41, 5.74) is 2.86. The fourth-order valence-corrected chi connectivity index (χ4v) is 3.58. The highest BCUT2D eigenvalue weighted by Gasteiger charge is 2.31. The first-order valence-corrected chi connectivity index (χ1v) is 11.0. The molecule has 0 radical (unpaired) electrons. The Bertz CT molecular complexity index is 1290. The van der Waals surface area contributed by atoms with Crippen molar-refractivity contribution >= 4 is 17.3 Å². The first-order chi connectivity index (χ1) is 17.2. The van der Waals surface area contributed by atoms with E-state index in [2.05, 4.69) is 15.6 Å². The molecule has 0 spiro atoms. The molecule has 0 fully saturated rings. The van der Waals surface area contributed by atoms with Gasteiger partial charge in [-0.05, 0) is 48.7 Å². The van der Waals surface area contributed by atoms with Gasteiger partial charge in [-0.2, -0.15) is 13.2 Å². The molecule has 0 saturated heterocycles. The molecular formula is C27H26F3N3O3. The Balaban J connectivity index is 1.94. The van der Waals surface area contributed by atoms with Crippen LogP contribution in [-0.4, -0.2) is 31.5 Å². The van der Waals surface area contributed by atoms with Gasteiger partial charge in [0.05, 0.1) is 11.3 Å². The van der Waals surface area contributed by atoms with Gasteiger partial charge in [-0.1, -0.05) is 58.8 Å². The number of likely N-dealkylation sites (N-methyl/N-ethyl adjacent to an activating group) is 1.